The van der Waals surface area contributed by atoms with Gasteiger partial charge in [0.1, 0.15) is 0 Å². The minimum absolute atomic E-state index is 0.743. The van der Waals surface area contributed by atoms with Crippen molar-refractivity contribution in [3.8, 4) is 0 Å². The first kappa shape index (κ1) is 13.4. The number of aromatic nitrogens is 1. The average molecular weight is 255 g/mol. The molecule has 2 rings (SSSR count). The van der Waals surface area contributed by atoms with E-state index >= 15 is 0 Å². The summed E-state index contributed by atoms with van der Waals surface area (Å²) in [7, 11) is 2.04. The lowest BCUT2D eigenvalue weighted by Crippen LogP contribution is -2.21. The number of nitrogens with zero attached hydrogens (tertiary/aromatic N) is 2. The van der Waals surface area contributed by atoms with Crippen molar-refractivity contribution in [2.75, 3.05) is 24.2 Å². The molecule has 0 amide bonds. The number of nitrogens with two attached hydrogens (primary N) is 1. The zero-order valence-corrected chi connectivity index (χ0v) is 11.6. The quantitative estimate of drug-likeness (QED) is 0.893. The number of rotatable bonds is 5. The highest BCUT2D eigenvalue weighted by molar-refractivity contribution is 5.62. The molecule has 0 saturated carbocycles. The van der Waals surface area contributed by atoms with Crippen LogP contribution in [0.3, 0.4) is 0 Å². The summed E-state index contributed by atoms with van der Waals surface area (Å²) in [5.41, 5.74) is 9.09. The molecule has 2 N–H and O–H groups in total. The van der Waals surface area contributed by atoms with Gasteiger partial charge in [-0.05, 0) is 37.5 Å². The first-order valence-electron chi connectivity index (χ1n) is 6.65. The molecule has 0 radical (unpaired) electrons. The van der Waals surface area contributed by atoms with Gasteiger partial charge in [0.15, 0.2) is 5.82 Å². The number of anilines is 2. The molecule has 1 aromatic heterocycles. The van der Waals surface area contributed by atoms with Crippen LogP contribution < -0.4 is 10.6 Å². The Morgan fingerprint density at radius 3 is 2.58 bits per heavy atom. The molecule has 0 spiro atoms. The number of hydrogen-bond donors (Lipinski definition) is 1. The van der Waals surface area contributed by atoms with Crippen molar-refractivity contribution in [2.24, 2.45) is 0 Å². The molecule has 0 fully saturated rings. The summed E-state index contributed by atoms with van der Waals surface area (Å²) in [4.78, 5) is 6.63. The van der Waals surface area contributed by atoms with E-state index in [4.69, 9.17) is 5.73 Å². The van der Waals surface area contributed by atoms with Crippen LogP contribution in [0.2, 0.25) is 0 Å². The van der Waals surface area contributed by atoms with Crippen molar-refractivity contribution < 1.29 is 0 Å². The summed E-state index contributed by atoms with van der Waals surface area (Å²) in [6.07, 6.45) is 2.17. The van der Waals surface area contributed by atoms with Crippen LogP contribution in [0, 0.1) is 6.92 Å². The van der Waals surface area contributed by atoms with E-state index in [0.717, 1.165) is 36.6 Å². The molecule has 0 aliphatic rings. The van der Waals surface area contributed by atoms with Crippen molar-refractivity contribution in [3.63, 3.8) is 0 Å². The van der Waals surface area contributed by atoms with Gasteiger partial charge in [0.25, 0.3) is 0 Å². The zero-order chi connectivity index (χ0) is 13.7. The smallest absolute Gasteiger partial charge is 0.151 e. The summed E-state index contributed by atoms with van der Waals surface area (Å²) in [6, 6.07) is 14.4. The monoisotopic (exact) mass is 255 g/mol. The van der Waals surface area contributed by atoms with Gasteiger partial charge in [0, 0.05) is 19.3 Å². The molecule has 100 valence electrons. The highest BCUT2D eigenvalue weighted by atomic mass is 15.2. The first-order valence-corrected chi connectivity index (χ1v) is 6.65. The Balaban J connectivity index is 1.91. The predicted molar refractivity (Wildman–Crippen MR) is 81.4 cm³/mol. The molecule has 3 heteroatoms. The Morgan fingerprint density at radius 1 is 1.11 bits per heavy atom. The van der Waals surface area contributed by atoms with Crippen molar-refractivity contribution >= 4 is 11.5 Å². The lowest BCUT2D eigenvalue weighted by atomic mass is 10.1. The van der Waals surface area contributed by atoms with Crippen LogP contribution in [0.1, 0.15) is 17.7 Å². The molecule has 1 heterocycles. The molecule has 0 atom stereocenters. The van der Waals surface area contributed by atoms with E-state index in [1.165, 1.54) is 5.56 Å². The van der Waals surface area contributed by atoms with Crippen molar-refractivity contribution in [3.05, 3.63) is 53.7 Å². The number of pyridine rings is 1. The van der Waals surface area contributed by atoms with Crippen LogP contribution in [-0.2, 0) is 6.42 Å². The van der Waals surface area contributed by atoms with E-state index in [9.17, 15) is 0 Å². The van der Waals surface area contributed by atoms with Crippen LogP contribution in [0.15, 0.2) is 42.5 Å². The number of hydrogen-bond acceptors (Lipinski definition) is 3. The third kappa shape index (κ3) is 3.71. The van der Waals surface area contributed by atoms with Crippen LogP contribution in [0.4, 0.5) is 11.5 Å². The van der Waals surface area contributed by atoms with Gasteiger partial charge < -0.3 is 10.6 Å². The molecule has 0 bridgehead atoms. The third-order valence-corrected chi connectivity index (χ3v) is 3.21. The molecule has 0 aliphatic heterocycles. The molecule has 1 aromatic carbocycles. The van der Waals surface area contributed by atoms with Crippen molar-refractivity contribution in [1.29, 1.82) is 0 Å². The fourth-order valence-electron chi connectivity index (χ4n) is 2.13. The van der Waals surface area contributed by atoms with Crippen LogP contribution in [0.25, 0.3) is 0 Å². The molecular formula is C16H21N3. The average Bonchev–Trinajstić information content (AvgIpc) is 2.42. The maximum atomic E-state index is 5.97. The Bertz CT molecular complexity index is 523. The van der Waals surface area contributed by atoms with Gasteiger partial charge in [-0.15, -0.1) is 0 Å². The maximum absolute atomic E-state index is 5.97. The highest BCUT2D eigenvalue weighted by Crippen LogP contribution is 2.19. The van der Waals surface area contributed by atoms with Crippen molar-refractivity contribution in [1.82, 2.24) is 4.98 Å². The zero-order valence-electron chi connectivity index (χ0n) is 11.6. The summed E-state index contributed by atoms with van der Waals surface area (Å²) in [5, 5.41) is 0. The van der Waals surface area contributed by atoms with E-state index in [1.807, 2.05) is 32.2 Å². The SMILES string of the molecule is Cc1ccc(N)c(N(C)CCCc2ccccc2)n1. The predicted octanol–water partition coefficient (Wildman–Crippen LogP) is 3.04. The van der Waals surface area contributed by atoms with Crippen LogP contribution in [-0.4, -0.2) is 18.6 Å². The second kappa shape index (κ2) is 6.23. The molecule has 0 saturated heterocycles. The van der Waals surface area contributed by atoms with Gasteiger partial charge in [0.05, 0.1) is 5.69 Å². The van der Waals surface area contributed by atoms with Gasteiger partial charge in [0.2, 0.25) is 0 Å². The summed E-state index contributed by atoms with van der Waals surface area (Å²) in [6.45, 7) is 2.94. The van der Waals surface area contributed by atoms with E-state index in [2.05, 4.69) is 34.1 Å². The molecule has 0 unspecified atom stereocenters. The normalized spacial score (nSPS) is 10.4. The van der Waals surface area contributed by atoms with E-state index in [0.29, 0.717) is 0 Å². The Hall–Kier alpha value is -2.03. The lowest BCUT2D eigenvalue weighted by Gasteiger charge is -2.20. The van der Waals surface area contributed by atoms with E-state index in [-0.39, 0.29) is 0 Å². The largest absolute Gasteiger partial charge is 0.396 e. The van der Waals surface area contributed by atoms with E-state index < -0.39 is 0 Å². The number of nitrogen functional groups attached to an aromatic ring is 1. The molecular weight excluding hydrogens is 234 g/mol. The third-order valence-electron chi connectivity index (χ3n) is 3.21. The minimum atomic E-state index is 0.743. The Morgan fingerprint density at radius 2 is 1.84 bits per heavy atom. The second-order valence-electron chi connectivity index (χ2n) is 4.88. The topological polar surface area (TPSA) is 42.1 Å². The van der Waals surface area contributed by atoms with E-state index in [1.54, 1.807) is 0 Å². The number of aryl methyl sites for hydroxylation is 2. The highest BCUT2D eigenvalue weighted by Gasteiger charge is 2.07. The fourth-order valence-corrected chi connectivity index (χ4v) is 2.13. The summed E-state index contributed by atoms with van der Waals surface area (Å²) in [5.74, 6) is 0.882. The van der Waals surface area contributed by atoms with Crippen LogP contribution >= 0.6 is 0 Å². The lowest BCUT2D eigenvalue weighted by molar-refractivity contribution is 0.777. The Kier molecular flexibility index (Phi) is 4.39. The standard InChI is InChI=1S/C16H21N3/c1-13-10-11-15(17)16(18-13)19(2)12-6-9-14-7-4-3-5-8-14/h3-5,7-8,10-11H,6,9,12,17H2,1-2H3. The minimum Gasteiger partial charge on any atom is -0.396 e. The van der Waals surface area contributed by atoms with Crippen LogP contribution in [0.5, 0.6) is 0 Å². The van der Waals surface area contributed by atoms with Gasteiger partial charge in [-0.2, -0.15) is 0 Å². The summed E-state index contributed by atoms with van der Waals surface area (Å²) < 4.78 is 0. The fraction of sp³-hybridized carbons (Fsp3) is 0.312. The number of benzene rings is 1. The molecule has 3 nitrogen and oxygen atoms in total. The maximum Gasteiger partial charge on any atom is 0.151 e. The van der Waals surface area contributed by atoms with Gasteiger partial charge >= 0.3 is 0 Å². The van der Waals surface area contributed by atoms with Gasteiger partial charge in [-0.25, -0.2) is 4.98 Å². The Labute approximate surface area is 115 Å². The first-order chi connectivity index (χ1) is 9.16. The van der Waals surface area contributed by atoms with Gasteiger partial charge in [-0.1, -0.05) is 30.3 Å². The summed E-state index contributed by atoms with van der Waals surface area (Å²) >= 11 is 0. The van der Waals surface area contributed by atoms with Crippen molar-refractivity contribution in [2.45, 2.75) is 19.8 Å². The molecule has 19 heavy (non-hydrogen) atoms. The van der Waals surface area contributed by atoms with Gasteiger partial charge in [-0.3, -0.25) is 0 Å². The molecule has 0 aliphatic carbocycles. The second-order valence-corrected chi connectivity index (χ2v) is 4.88. The molecule has 2 aromatic rings.